The van der Waals surface area contributed by atoms with Gasteiger partial charge in [0.15, 0.2) is 12.4 Å². The van der Waals surface area contributed by atoms with Crippen LogP contribution in [0.2, 0.25) is 0 Å². The van der Waals surface area contributed by atoms with Gasteiger partial charge in [0.25, 0.3) is 0 Å². The molecule has 0 spiro atoms. The third-order valence-electron chi connectivity index (χ3n) is 17.8. The van der Waals surface area contributed by atoms with Gasteiger partial charge in [0.1, 0.15) is 13.2 Å². The molecule has 0 rings (SSSR count). The zero-order chi connectivity index (χ0) is 73.2. The Hall–Kier alpha value is -5.09. The fraction of sp³-hybridized carbons (Fsp3) is 0.685. The number of carboxylic acids is 1. The van der Waals surface area contributed by atoms with Crippen LogP contribution in [0.4, 0.5) is 0 Å². The second-order valence-electron chi connectivity index (χ2n) is 28.7. The van der Waals surface area contributed by atoms with E-state index in [2.05, 4.69) is 172 Å². The number of carboxylic acid groups (broad SMARTS) is 1. The summed E-state index contributed by atoms with van der Waals surface area (Å²) in [4.78, 5) is 37.6. The second-order valence-corrected chi connectivity index (χ2v) is 28.7. The number of esters is 2. The van der Waals surface area contributed by atoms with E-state index < -0.39 is 24.3 Å². The first-order valence-electron chi connectivity index (χ1n) is 41.6. The van der Waals surface area contributed by atoms with Gasteiger partial charge < -0.3 is 33.3 Å². The van der Waals surface area contributed by atoms with E-state index in [9.17, 15) is 19.5 Å². The van der Waals surface area contributed by atoms with Crippen molar-refractivity contribution in [2.75, 3.05) is 47.5 Å². The van der Waals surface area contributed by atoms with Crippen LogP contribution in [0.5, 0.6) is 0 Å². The Kier molecular flexibility index (Phi) is 76.5. The summed E-state index contributed by atoms with van der Waals surface area (Å²) < 4.78 is 22.9. The van der Waals surface area contributed by atoms with Crippen LogP contribution in [0.1, 0.15) is 348 Å². The monoisotopic (exact) mass is 1400 g/mol. The van der Waals surface area contributed by atoms with E-state index >= 15 is 0 Å². The highest BCUT2D eigenvalue weighted by Crippen LogP contribution is 2.19. The first-order valence-corrected chi connectivity index (χ1v) is 41.6. The molecule has 101 heavy (non-hydrogen) atoms. The Morgan fingerprint density at radius 3 is 0.792 bits per heavy atom. The topological polar surface area (TPSA) is 111 Å². The summed E-state index contributed by atoms with van der Waals surface area (Å²) in [7, 11) is 5.93. The van der Waals surface area contributed by atoms with Crippen LogP contribution >= 0.6 is 0 Å². The van der Waals surface area contributed by atoms with Gasteiger partial charge in [-0.2, -0.15) is 0 Å². The number of carbonyl (C=O) groups excluding carboxylic acids is 3. The summed E-state index contributed by atoms with van der Waals surface area (Å²) in [5.74, 6) is -2.29. The summed E-state index contributed by atoms with van der Waals surface area (Å²) in [6.07, 6.45) is 117. The Balaban J connectivity index is 4.03. The Labute approximate surface area is 623 Å². The van der Waals surface area contributed by atoms with Gasteiger partial charge in [-0.05, 0) is 122 Å². The number of allylic oxidation sites excluding steroid dienone is 26. The quantitative estimate of drug-likeness (QED) is 0.0195. The first-order chi connectivity index (χ1) is 49.6. The number of unbranched alkanes of at least 4 members (excludes halogenated alkanes) is 35. The smallest absolute Gasteiger partial charge is 0.306 e. The van der Waals surface area contributed by atoms with Gasteiger partial charge >= 0.3 is 11.9 Å². The van der Waals surface area contributed by atoms with Crippen molar-refractivity contribution in [1.29, 1.82) is 0 Å². The lowest BCUT2D eigenvalue weighted by Crippen LogP contribution is -2.44. The Bertz CT molecular complexity index is 2230. The number of aliphatic carboxylic acids is 1. The minimum absolute atomic E-state index is 0.140. The van der Waals surface area contributed by atoms with Gasteiger partial charge in [-0.15, -0.1) is 0 Å². The molecule has 0 radical (unpaired) electrons. The maximum absolute atomic E-state index is 13.0. The van der Waals surface area contributed by atoms with Crippen molar-refractivity contribution < 1.29 is 42.9 Å². The number of hydrogen-bond donors (Lipinski definition) is 0. The predicted molar refractivity (Wildman–Crippen MR) is 435 cm³/mol. The minimum atomic E-state index is -1.63. The van der Waals surface area contributed by atoms with Crippen LogP contribution in [0.15, 0.2) is 158 Å². The standard InChI is InChI=1S/C92H155NO8/c1-6-8-10-12-14-16-18-20-22-24-26-28-30-32-34-36-38-40-42-43-44-45-46-47-49-50-52-54-56-58-60-62-64-66-68-70-72-74-76-78-80-82-89(94)99-86-88(87-100-92(91(96)97)98-85-84-93(3,4)5)101-90(95)83-81-79-77-75-73-71-69-67-65-63-61-59-57-55-53-51-48-41-39-37-35-33-31-29-27-25-23-21-19-17-15-13-11-9-7-2/h8-11,14-17,20-23,26-29,33,35,39,41,51,53,57,59,63,65,88,92H,6-7,12-13,18-19,24-25,30-32,34,36-38,40,42-50,52,54-56,58,60-62,64,66-87H2,1-5H3/b10-8-,11-9-,16-14-,17-15-,22-20-,23-21-,28-26-,29-27-,35-33-,41-39-,53-51-,59-57-,65-63-. The van der Waals surface area contributed by atoms with E-state index in [0.717, 1.165) is 128 Å². The number of likely N-dealkylation sites (N-methyl/N-ethyl adjacent to an activating group) is 1. The van der Waals surface area contributed by atoms with Crippen LogP contribution in [0.25, 0.3) is 0 Å². The molecule has 0 N–H and O–H groups in total. The maximum Gasteiger partial charge on any atom is 0.306 e. The molecule has 0 aromatic carbocycles. The first kappa shape index (κ1) is 95.9. The minimum Gasteiger partial charge on any atom is -0.545 e. The highest BCUT2D eigenvalue weighted by molar-refractivity contribution is 5.70. The summed E-state index contributed by atoms with van der Waals surface area (Å²) in [6, 6.07) is 0. The van der Waals surface area contributed by atoms with Gasteiger partial charge in [-0.3, -0.25) is 9.59 Å². The molecule has 576 valence electrons. The summed E-state index contributed by atoms with van der Waals surface area (Å²) in [6.45, 7) is 4.53. The van der Waals surface area contributed by atoms with Gasteiger partial charge in [0.05, 0.1) is 40.3 Å². The van der Waals surface area contributed by atoms with E-state index in [1.165, 1.54) is 186 Å². The van der Waals surface area contributed by atoms with E-state index in [4.69, 9.17) is 18.9 Å². The van der Waals surface area contributed by atoms with Crippen molar-refractivity contribution in [3.05, 3.63) is 158 Å². The Morgan fingerprint density at radius 2 is 0.535 bits per heavy atom. The third-order valence-corrected chi connectivity index (χ3v) is 17.8. The van der Waals surface area contributed by atoms with Crippen molar-refractivity contribution in [1.82, 2.24) is 0 Å². The second kappa shape index (κ2) is 80.6. The van der Waals surface area contributed by atoms with Crippen LogP contribution in [-0.2, 0) is 33.3 Å². The Morgan fingerprint density at radius 1 is 0.297 bits per heavy atom. The van der Waals surface area contributed by atoms with Crippen molar-refractivity contribution in [2.45, 2.75) is 360 Å². The molecule has 9 heteroatoms. The van der Waals surface area contributed by atoms with E-state index in [1.54, 1.807) is 0 Å². The van der Waals surface area contributed by atoms with Crippen molar-refractivity contribution in [2.24, 2.45) is 0 Å². The third kappa shape index (κ3) is 82.1. The van der Waals surface area contributed by atoms with Crippen molar-refractivity contribution >= 4 is 17.9 Å². The molecule has 0 heterocycles. The number of quaternary nitrogens is 1. The molecule has 0 saturated carbocycles. The molecule has 0 fully saturated rings. The van der Waals surface area contributed by atoms with Crippen molar-refractivity contribution in [3.63, 3.8) is 0 Å². The molecular formula is C92H155NO8. The molecule has 0 bridgehead atoms. The van der Waals surface area contributed by atoms with E-state index in [-0.39, 0.29) is 38.6 Å². The largest absolute Gasteiger partial charge is 0.545 e. The molecule has 2 unspecified atom stereocenters. The highest BCUT2D eigenvalue weighted by Gasteiger charge is 2.22. The summed E-state index contributed by atoms with van der Waals surface area (Å²) >= 11 is 0. The number of carbonyl (C=O) groups is 3. The molecule has 0 aliphatic carbocycles. The number of ether oxygens (including phenoxy) is 4. The van der Waals surface area contributed by atoms with Gasteiger partial charge in [0.2, 0.25) is 0 Å². The summed E-state index contributed by atoms with van der Waals surface area (Å²) in [5, 5.41) is 11.9. The average Bonchev–Trinajstić information content (AvgIpc) is 1.25. The normalized spacial score (nSPS) is 13.5. The molecule has 0 aromatic rings. The molecule has 0 amide bonds. The fourth-order valence-electron chi connectivity index (χ4n) is 11.5. The lowest BCUT2D eigenvalue weighted by atomic mass is 10.0. The van der Waals surface area contributed by atoms with Crippen LogP contribution in [0, 0.1) is 0 Å². The molecule has 0 aliphatic rings. The van der Waals surface area contributed by atoms with E-state index in [0.29, 0.717) is 17.4 Å². The fourth-order valence-corrected chi connectivity index (χ4v) is 11.5. The lowest BCUT2D eigenvalue weighted by Gasteiger charge is -2.26. The molecule has 0 saturated heterocycles. The molecular weight excluding hydrogens is 1250 g/mol. The zero-order valence-electron chi connectivity index (χ0n) is 66.0. The van der Waals surface area contributed by atoms with Crippen LogP contribution < -0.4 is 5.11 Å². The molecule has 9 nitrogen and oxygen atoms in total. The van der Waals surface area contributed by atoms with Gasteiger partial charge in [-0.25, -0.2) is 0 Å². The molecule has 2 atom stereocenters. The molecule has 0 aliphatic heterocycles. The van der Waals surface area contributed by atoms with Gasteiger partial charge in [-0.1, -0.05) is 371 Å². The van der Waals surface area contributed by atoms with Crippen LogP contribution in [-0.4, -0.2) is 82.3 Å². The SMILES string of the molecule is CC/C=C\C/C=C\C/C=C\C/C=C\C/C=C\C/C=C\C/C=C\C/C=C\C/C=C\CCCCCCCCCC(=O)OC(COC(=O)CCCCCCCCCCCCCCCCCCCCCCCCCCCCCC/C=C\C/C=C\C/C=C\C/C=C\CC)COC(OCC[N+](C)(C)C)C(=O)[O-]. The number of hydrogen-bond acceptors (Lipinski definition) is 8. The predicted octanol–water partition coefficient (Wildman–Crippen LogP) is 25.8. The number of nitrogens with zero attached hydrogens (tertiary/aromatic N) is 1. The zero-order valence-corrected chi connectivity index (χ0v) is 66.0. The number of rotatable bonds is 76. The average molecular weight is 1400 g/mol. The van der Waals surface area contributed by atoms with Crippen LogP contribution in [0.3, 0.4) is 0 Å². The molecule has 0 aromatic heterocycles. The van der Waals surface area contributed by atoms with E-state index in [1.807, 2.05) is 21.1 Å². The maximum atomic E-state index is 13.0. The summed E-state index contributed by atoms with van der Waals surface area (Å²) in [5.41, 5.74) is 0. The lowest BCUT2D eigenvalue weighted by molar-refractivity contribution is -0.870. The van der Waals surface area contributed by atoms with Crippen molar-refractivity contribution in [3.8, 4) is 0 Å². The highest BCUT2D eigenvalue weighted by atomic mass is 16.7. The van der Waals surface area contributed by atoms with Gasteiger partial charge in [0, 0.05) is 12.8 Å².